The van der Waals surface area contributed by atoms with Crippen molar-refractivity contribution in [3.63, 3.8) is 0 Å². The lowest BCUT2D eigenvalue weighted by Crippen LogP contribution is -2.14. The van der Waals surface area contributed by atoms with Crippen LogP contribution in [0.15, 0.2) is 41.3 Å². The van der Waals surface area contributed by atoms with Crippen LogP contribution in [0.25, 0.3) is 0 Å². The van der Waals surface area contributed by atoms with E-state index in [-0.39, 0.29) is 15.6 Å². The van der Waals surface area contributed by atoms with E-state index in [0.29, 0.717) is 0 Å². The minimum atomic E-state index is -3.86. The van der Waals surface area contributed by atoms with Gasteiger partial charge < -0.3 is 5.32 Å². The summed E-state index contributed by atoms with van der Waals surface area (Å²) >= 11 is 5.65. The molecule has 3 rings (SSSR count). The normalized spacial score (nSPS) is 13.6. The predicted octanol–water partition coefficient (Wildman–Crippen LogP) is 3.25. The number of rotatable bonds is 3. The molecule has 2 N–H and O–H groups in total. The van der Waals surface area contributed by atoms with Crippen molar-refractivity contribution in [3.8, 4) is 0 Å². The highest BCUT2D eigenvalue weighted by atomic mass is 35.5. The van der Waals surface area contributed by atoms with Gasteiger partial charge in [0, 0.05) is 12.2 Å². The molecule has 1 aliphatic rings. The molecule has 0 aromatic heterocycles. The molecule has 0 atom stereocenters. The topological polar surface area (TPSA) is 58.2 Å². The van der Waals surface area contributed by atoms with Crippen molar-refractivity contribution in [1.82, 2.24) is 0 Å². The molecule has 4 nitrogen and oxygen atoms in total. The van der Waals surface area contributed by atoms with Crippen molar-refractivity contribution < 1.29 is 12.8 Å². The maximum Gasteiger partial charge on any atom is 0.262 e. The molecule has 0 radical (unpaired) electrons. The summed E-state index contributed by atoms with van der Waals surface area (Å²) < 4.78 is 40.6. The Morgan fingerprint density at radius 1 is 1.24 bits per heavy atom. The summed E-state index contributed by atoms with van der Waals surface area (Å²) in [5, 5.41) is 2.98. The molecule has 1 aliphatic heterocycles. The zero-order valence-electron chi connectivity index (χ0n) is 10.9. The fourth-order valence-corrected chi connectivity index (χ4v) is 3.48. The molecular formula is C14H12ClFN2O2S. The number of hydrogen-bond acceptors (Lipinski definition) is 3. The third kappa shape index (κ3) is 2.69. The molecule has 0 amide bonds. The molecule has 0 aliphatic carbocycles. The summed E-state index contributed by atoms with van der Waals surface area (Å²) in [6.07, 6.45) is 0.867. The third-order valence-corrected chi connectivity index (χ3v) is 4.95. The average Bonchev–Trinajstić information content (AvgIpc) is 2.91. The molecule has 0 bridgehead atoms. The Labute approximate surface area is 127 Å². The first kappa shape index (κ1) is 14.2. The molecular weight excluding hydrogens is 315 g/mol. The molecule has 2 aromatic carbocycles. The van der Waals surface area contributed by atoms with Crippen molar-refractivity contribution in [2.24, 2.45) is 0 Å². The van der Waals surface area contributed by atoms with Gasteiger partial charge in [-0.15, -0.1) is 0 Å². The van der Waals surface area contributed by atoms with Crippen molar-refractivity contribution in [2.75, 3.05) is 16.6 Å². The van der Waals surface area contributed by atoms with Gasteiger partial charge in [0.05, 0.1) is 15.6 Å². The van der Waals surface area contributed by atoms with E-state index in [1.807, 2.05) is 0 Å². The lowest BCUT2D eigenvalue weighted by molar-refractivity contribution is 0.598. The zero-order chi connectivity index (χ0) is 15.0. The zero-order valence-corrected chi connectivity index (χ0v) is 12.4. The fourth-order valence-electron chi connectivity index (χ4n) is 2.22. The third-order valence-electron chi connectivity index (χ3n) is 3.30. The van der Waals surface area contributed by atoms with E-state index in [1.165, 1.54) is 24.3 Å². The standard InChI is InChI=1S/C14H12ClFN2O2S/c15-11-2-1-3-12(14(11)16)18-21(19,20)10-5-4-9-6-7-17-13(9)8-10/h1-5,8,17-18H,6-7H2. The minimum Gasteiger partial charge on any atom is -0.384 e. The first-order chi connectivity index (χ1) is 9.97. The number of anilines is 2. The summed E-state index contributed by atoms with van der Waals surface area (Å²) in [7, 11) is -3.86. The number of fused-ring (bicyclic) bond motifs is 1. The van der Waals surface area contributed by atoms with Crippen molar-refractivity contribution in [2.45, 2.75) is 11.3 Å². The average molecular weight is 327 g/mol. The Morgan fingerprint density at radius 3 is 2.86 bits per heavy atom. The van der Waals surface area contributed by atoms with E-state index in [1.54, 1.807) is 12.1 Å². The largest absolute Gasteiger partial charge is 0.384 e. The van der Waals surface area contributed by atoms with Crippen LogP contribution in [-0.4, -0.2) is 15.0 Å². The van der Waals surface area contributed by atoms with Gasteiger partial charge in [-0.2, -0.15) is 0 Å². The fraction of sp³-hybridized carbons (Fsp3) is 0.143. The minimum absolute atomic E-state index is 0.0787. The van der Waals surface area contributed by atoms with Crippen LogP contribution in [0.1, 0.15) is 5.56 Å². The SMILES string of the molecule is O=S(=O)(Nc1cccc(Cl)c1F)c1ccc2c(c1)NCC2. The van der Waals surface area contributed by atoms with Gasteiger partial charge in [-0.05, 0) is 36.2 Å². The van der Waals surface area contributed by atoms with Gasteiger partial charge in [0.2, 0.25) is 0 Å². The van der Waals surface area contributed by atoms with Gasteiger partial charge in [0.25, 0.3) is 10.0 Å². The highest BCUT2D eigenvalue weighted by Gasteiger charge is 2.20. The van der Waals surface area contributed by atoms with Gasteiger partial charge >= 0.3 is 0 Å². The lowest BCUT2D eigenvalue weighted by atomic mass is 10.2. The van der Waals surface area contributed by atoms with Gasteiger partial charge in [0.15, 0.2) is 5.82 Å². The van der Waals surface area contributed by atoms with Crippen LogP contribution in [-0.2, 0) is 16.4 Å². The van der Waals surface area contributed by atoms with E-state index in [4.69, 9.17) is 11.6 Å². The van der Waals surface area contributed by atoms with Crippen molar-refractivity contribution >= 4 is 33.0 Å². The van der Waals surface area contributed by atoms with Crippen LogP contribution in [0.4, 0.5) is 15.8 Å². The Kier molecular flexibility index (Phi) is 3.51. The molecule has 7 heteroatoms. The first-order valence-electron chi connectivity index (χ1n) is 6.31. The van der Waals surface area contributed by atoms with Crippen LogP contribution in [0.5, 0.6) is 0 Å². The van der Waals surface area contributed by atoms with E-state index in [9.17, 15) is 12.8 Å². The van der Waals surface area contributed by atoms with Crippen molar-refractivity contribution in [1.29, 1.82) is 0 Å². The Morgan fingerprint density at radius 2 is 2.05 bits per heavy atom. The smallest absolute Gasteiger partial charge is 0.262 e. The van der Waals surface area contributed by atoms with E-state index in [0.717, 1.165) is 24.2 Å². The second kappa shape index (κ2) is 5.20. The second-order valence-corrected chi connectivity index (χ2v) is 6.79. The van der Waals surface area contributed by atoms with Gasteiger partial charge in [0.1, 0.15) is 0 Å². The molecule has 21 heavy (non-hydrogen) atoms. The number of nitrogens with one attached hydrogen (secondary N) is 2. The summed E-state index contributed by atoms with van der Waals surface area (Å²) in [6, 6.07) is 8.98. The van der Waals surface area contributed by atoms with E-state index >= 15 is 0 Å². The van der Waals surface area contributed by atoms with Crippen LogP contribution in [0.3, 0.4) is 0 Å². The summed E-state index contributed by atoms with van der Waals surface area (Å²) in [5.41, 5.74) is 1.70. The highest BCUT2D eigenvalue weighted by molar-refractivity contribution is 7.92. The summed E-state index contributed by atoms with van der Waals surface area (Å²) in [4.78, 5) is 0.0787. The van der Waals surface area contributed by atoms with Crippen LogP contribution in [0.2, 0.25) is 5.02 Å². The van der Waals surface area contributed by atoms with Crippen LogP contribution in [0, 0.1) is 5.82 Å². The molecule has 1 heterocycles. The van der Waals surface area contributed by atoms with E-state index in [2.05, 4.69) is 10.0 Å². The van der Waals surface area contributed by atoms with Crippen LogP contribution < -0.4 is 10.0 Å². The molecule has 0 fully saturated rings. The van der Waals surface area contributed by atoms with Gasteiger partial charge in [-0.1, -0.05) is 23.7 Å². The van der Waals surface area contributed by atoms with Crippen molar-refractivity contribution in [3.05, 3.63) is 52.8 Å². The molecule has 110 valence electrons. The first-order valence-corrected chi connectivity index (χ1v) is 8.17. The number of benzene rings is 2. The Balaban J connectivity index is 1.96. The quantitative estimate of drug-likeness (QED) is 0.910. The predicted molar refractivity (Wildman–Crippen MR) is 80.9 cm³/mol. The monoisotopic (exact) mass is 326 g/mol. The highest BCUT2D eigenvalue weighted by Crippen LogP contribution is 2.28. The van der Waals surface area contributed by atoms with Gasteiger partial charge in [-0.25, -0.2) is 12.8 Å². The Bertz CT molecular complexity index is 809. The van der Waals surface area contributed by atoms with E-state index < -0.39 is 15.8 Å². The summed E-state index contributed by atoms with van der Waals surface area (Å²) in [5.74, 6) is -0.790. The Hall–Kier alpha value is -1.79. The number of sulfonamides is 1. The maximum absolute atomic E-state index is 13.8. The maximum atomic E-state index is 13.8. The summed E-state index contributed by atoms with van der Waals surface area (Å²) in [6.45, 7) is 0.787. The molecule has 0 spiro atoms. The number of hydrogen-bond donors (Lipinski definition) is 2. The molecule has 0 saturated heterocycles. The van der Waals surface area contributed by atoms with Crippen LogP contribution >= 0.6 is 11.6 Å². The van der Waals surface area contributed by atoms with Gasteiger partial charge in [-0.3, -0.25) is 4.72 Å². The molecule has 2 aromatic rings. The lowest BCUT2D eigenvalue weighted by Gasteiger charge is -2.10. The molecule has 0 saturated carbocycles. The second-order valence-electron chi connectivity index (χ2n) is 4.70. The number of halogens is 2. The molecule has 0 unspecified atom stereocenters.